The smallest absolute Gasteiger partial charge is 0.315 e. The van der Waals surface area contributed by atoms with Crippen LogP contribution in [0, 0.1) is 18.7 Å². The van der Waals surface area contributed by atoms with Crippen molar-refractivity contribution in [2.45, 2.75) is 38.6 Å². The van der Waals surface area contributed by atoms with Crippen LogP contribution in [-0.4, -0.2) is 16.2 Å². The Morgan fingerprint density at radius 3 is 2.75 bits per heavy atom. The number of hydrogen-bond donors (Lipinski definition) is 1. The predicted molar refractivity (Wildman–Crippen MR) is 73.9 cm³/mol. The van der Waals surface area contributed by atoms with E-state index in [2.05, 4.69) is 15.5 Å². The third-order valence-electron chi connectivity index (χ3n) is 3.91. The van der Waals surface area contributed by atoms with Gasteiger partial charge < -0.3 is 9.73 Å². The van der Waals surface area contributed by atoms with Gasteiger partial charge in [-0.05, 0) is 42.9 Å². The largest absolute Gasteiger partial charge is 0.408 e. The summed E-state index contributed by atoms with van der Waals surface area (Å²) < 4.78 is 18.3. The average molecular weight is 275 g/mol. The molecule has 1 saturated carbocycles. The Morgan fingerprint density at radius 2 is 2.05 bits per heavy atom. The number of nitrogens with one attached hydrogen (secondary N) is 1. The highest BCUT2D eigenvalue weighted by atomic mass is 19.1. The summed E-state index contributed by atoms with van der Waals surface area (Å²) in [6.07, 6.45) is 4.41. The number of halogens is 1. The zero-order valence-electron chi connectivity index (χ0n) is 11.5. The van der Waals surface area contributed by atoms with Gasteiger partial charge in [-0.25, -0.2) is 4.39 Å². The lowest BCUT2D eigenvalue weighted by molar-refractivity contribution is 0.472. The van der Waals surface area contributed by atoms with E-state index in [1.54, 1.807) is 6.92 Å². The van der Waals surface area contributed by atoms with Crippen LogP contribution in [0.15, 0.2) is 28.7 Å². The van der Waals surface area contributed by atoms with Crippen molar-refractivity contribution in [2.24, 2.45) is 5.92 Å². The van der Waals surface area contributed by atoms with Crippen LogP contribution in [0.3, 0.4) is 0 Å². The number of rotatable bonds is 4. The van der Waals surface area contributed by atoms with Gasteiger partial charge in [0.1, 0.15) is 5.82 Å². The van der Waals surface area contributed by atoms with Crippen LogP contribution in [0.2, 0.25) is 0 Å². The highest BCUT2D eigenvalue weighted by Crippen LogP contribution is 2.31. The van der Waals surface area contributed by atoms with E-state index in [9.17, 15) is 4.39 Å². The maximum atomic E-state index is 12.9. The van der Waals surface area contributed by atoms with Crippen molar-refractivity contribution >= 4 is 6.01 Å². The monoisotopic (exact) mass is 275 g/mol. The Hall–Kier alpha value is -1.91. The van der Waals surface area contributed by atoms with Crippen LogP contribution in [0.25, 0.3) is 0 Å². The first-order chi connectivity index (χ1) is 9.70. The summed E-state index contributed by atoms with van der Waals surface area (Å²) in [5.74, 6) is 0.907. The molecule has 4 nitrogen and oxygen atoms in total. The summed E-state index contributed by atoms with van der Waals surface area (Å²) in [4.78, 5) is 0. The van der Waals surface area contributed by atoms with E-state index in [0.717, 1.165) is 12.8 Å². The van der Waals surface area contributed by atoms with Gasteiger partial charge in [-0.15, -0.1) is 5.10 Å². The molecule has 2 aromatic rings. The topological polar surface area (TPSA) is 51.0 Å². The number of nitrogens with zero attached hydrogens (tertiary/aromatic N) is 2. The van der Waals surface area contributed by atoms with Crippen molar-refractivity contribution in [1.29, 1.82) is 0 Å². The minimum atomic E-state index is -0.184. The fraction of sp³-hybridized carbons (Fsp3) is 0.467. The fourth-order valence-corrected chi connectivity index (χ4v) is 2.91. The van der Waals surface area contributed by atoms with Crippen molar-refractivity contribution in [1.82, 2.24) is 10.2 Å². The maximum Gasteiger partial charge on any atom is 0.315 e. The Balaban J connectivity index is 1.64. The second-order valence-corrected chi connectivity index (χ2v) is 5.40. The van der Waals surface area contributed by atoms with Crippen LogP contribution in [-0.2, 0) is 6.42 Å². The number of hydrogen-bond acceptors (Lipinski definition) is 4. The Labute approximate surface area is 117 Å². The summed E-state index contributed by atoms with van der Waals surface area (Å²) in [5.41, 5.74) is 1.17. The second kappa shape index (κ2) is 5.61. The molecule has 0 bridgehead atoms. The van der Waals surface area contributed by atoms with E-state index in [0.29, 0.717) is 23.9 Å². The van der Waals surface area contributed by atoms with E-state index < -0.39 is 0 Å². The highest BCUT2D eigenvalue weighted by Gasteiger charge is 2.28. The third-order valence-corrected chi connectivity index (χ3v) is 3.91. The Morgan fingerprint density at radius 1 is 1.25 bits per heavy atom. The van der Waals surface area contributed by atoms with Crippen molar-refractivity contribution in [3.8, 4) is 0 Å². The van der Waals surface area contributed by atoms with Crippen LogP contribution in [0.5, 0.6) is 0 Å². The lowest BCUT2D eigenvalue weighted by Crippen LogP contribution is -2.25. The normalized spacial score (nSPS) is 22.1. The van der Waals surface area contributed by atoms with Crippen LogP contribution < -0.4 is 5.32 Å². The average Bonchev–Trinajstić information content (AvgIpc) is 3.03. The van der Waals surface area contributed by atoms with Gasteiger partial charge in [0, 0.05) is 13.0 Å². The molecule has 0 unspecified atom stereocenters. The van der Waals surface area contributed by atoms with Crippen molar-refractivity contribution < 1.29 is 8.81 Å². The lowest BCUT2D eigenvalue weighted by atomic mass is 9.95. The van der Waals surface area contributed by atoms with E-state index in [-0.39, 0.29) is 5.82 Å². The van der Waals surface area contributed by atoms with Gasteiger partial charge in [-0.1, -0.05) is 23.7 Å². The van der Waals surface area contributed by atoms with E-state index >= 15 is 0 Å². The summed E-state index contributed by atoms with van der Waals surface area (Å²) in [6, 6.07) is 7.61. The molecule has 0 radical (unpaired) electrons. The molecule has 1 heterocycles. The Bertz CT molecular complexity index is 567. The van der Waals surface area contributed by atoms with E-state index in [4.69, 9.17) is 4.42 Å². The summed E-state index contributed by atoms with van der Waals surface area (Å²) in [6.45, 7) is 1.78. The number of aryl methyl sites for hydroxylation is 1. The number of anilines is 1. The number of benzene rings is 1. The van der Waals surface area contributed by atoms with Gasteiger partial charge in [0.2, 0.25) is 5.89 Å². The molecule has 1 aliphatic rings. The van der Waals surface area contributed by atoms with E-state index in [1.807, 2.05) is 12.1 Å². The number of aromatic nitrogens is 2. The molecule has 2 atom stereocenters. The fourth-order valence-electron chi connectivity index (χ4n) is 2.91. The molecule has 1 fully saturated rings. The van der Waals surface area contributed by atoms with E-state index in [1.165, 1.54) is 30.5 Å². The Kier molecular flexibility index (Phi) is 3.67. The molecule has 1 N–H and O–H groups in total. The van der Waals surface area contributed by atoms with Crippen LogP contribution >= 0.6 is 0 Å². The summed E-state index contributed by atoms with van der Waals surface area (Å²) in [7, 11) is 0. The molecule has 1 aliphatic carbocycles. The molecule has 0 aliphatic heterocycles. The molecule has 20 heavy (non-hydrogen) atoms. The van der Waals surface area contributed by atoms with Crippen molar-refractivity contribution in [3.63, 3.8) is 0 Å². The maximum absolute atomic E-state index is 12.9. The highest BCUT2D eigenvalue weighted by molar-refractivity contribution is 5.23. The zero-order valence-corrected chi connectivity index (χ0v) is 11.5. The van der Waals surface area contributed by atoms with Gasteiger partial charge in [0.15, 0.2) is 0 Å². The molecular weight excluding hydrogens is 257 g/mol. The van der Waals surface area contributed by atoms with Crippen molar-refractivity contribution in [3.05, 3.63) is 41.5 Å². The molecular formula is C15H18FN3O. The predicted octanol–water partition coefficient (Wildman–Crippen LogP) is 3.34. The molecule has 106 valence electrons. The van der Waals surface area contributed by atoms with Gasteiger partial charge in [-0.3, -0.25) is 0 Å². The molecule has 1 aromatic carbocycles. The quantitative estimate of drug-likeness (QED) is 0.929. The lowest BCUT2D eigenvalue weighted by Gasteiger charge is -2.19. The summed E-state index contributed by atoms with van der Waals surface area (Å²) >= 11 is 0. The SMILES string of the molecule is Cc1nnc(N[C@@H]2CCC[C@@H]2Cc2ccc(F)cc2)o1. The van der Waals surface area contributed by atoms with Gasteiger partial charge in [0.25, 0.3) is 0 Å². The minimum Gasteiger partial charge on any atom is -0.408 e. The minimum absolute atomic E-state index is 0.184. The van der Waals surface area contributed by atoms with Gasteiger partial charge >= 0.3 is 6.01 Å². The zero-order chi connectivity index (χ0) is 13.9. The molecule has 0 spiro atoms. The summed E-state index contributed by atoms with van der Waals surface area (Å²) in [5, 5.41) is 11.1. The van der Waals surface area contributed by atoms with Crippen molar-refractivity contribution in [2.75, 3.05) is 5.32 Å². The van der Waals surface area contributed by atoms with Gasteiger partial charge in [-0.2, -0.15) is 0 Å². The standard InChI is InChI=1S/C15H18FN3O/c1-10-18-19-15(20-10)17-14-4-2-3-12(14)9-11-5-7-13(16)8-6-11/h5-8,12,14H,2-4,9H2,1H3,(H,17,19)/t12-,14-/m1/s1. The second-order valence-electron chi connectivity index (χ2n) is 5.40. The first-order valence-corrected chi connectivity index (χ1v) is 7.02. The molecule has 3 rings (SSSR count). The van der Waals surface area contributed by atoms with Crippen LogP contribution in [0.1, 0.15) is 30.7 Å². The molecule has 5 heteroatoms. The van der Waals surface area contributed by atoms with Crippen LogP contribution in [0.4, 0.5) is 10.4 Å². The molecule has 0 amide bonds. The third kappa shape index (κ3) is 2.98. The molecule has 0 saturated heterocycles. The first kappa shape index (κ1) is 13.1. The molecule has 1 aromatic heterocycles. The first-order valence-electron chi connectivity index (χ1n) is 7.02. The van der Waals surface area contributed by atoms with Gasteiger partial charge in [0.05, 0.1) is 0 Å².